The van der Waals surface area contributed by atoms with Gasteiger partial charge in [0.15, 0.2) is 0 Å². The van der Waals surface area contributed by atoms with Crippen LogP contribution in [0.1, 0.15) is 35.7 Å². The summed E-state index contributed by atoms with van der Waals surface area (Å²) in [7, 11) is 0. The van der Waals surface area contributed by atoms with E-state index in [9.17, 15) is 9.59 Å². The zero-order valence-corrected chi connectivity index (χ0v) is 12.7. The van der Waals surface area contributed by atoms with Crippen LogP contribution in [-0.4, -0.2) is 23.5 Å². The summed E-state index contributed by atoms with van der Waals surface area (Å²) in [6.07, 6.45) is 0.808. The molecule has 0 spiro atoms. The number of carboxylic acid groups (broad SMARTS) is 1. The van der Waals surface area contributed by atoms with Crippen molar-refractivity contribution in [1.82, 2.24) is 5.32 Å². The topological polar surface area (TPSA) is 66.4 Å². The number of amides is 1. The number of aryl methyl sites for hydroxylation is 1. The number of carbonyl (C=O) groups excluding carboxylic acids is 1. The lowest BCUT2D eigenvalue weighted by Gasteiger charge is -2.13. The highest BCUT2D eigenvalue weighted by atomic mass is 79.9. The quantitative estimate of drug-likeness (QED) is 0.844. The minimum absolute atomic E-state index is 0.0296. The Bertz CT molecular complexity index is 474. The van der Waals surface area contributed by atoms with Crippen LogP contribution in [0.2, 0.25) is 0 Å². The molecule has 0 saturated heterocycles. The predicted molar refractivity (Wildman–Crippen MR) is 77.2 cm³/mol. The summed E-state index contributed by atoms with van der Waals surface area (Å²) in [5.74, 6) is -1.03. The third-order valence-electron chi connectivity index (χ3n) is 3.01. The number of benzene rings is 1. The van der Waals surface area contributed by atoms with Crippen molar-refractivity contribution in [2.24, 2.45) is 5.92 Å². The third kappa shape index (κ3) is 5.03. The SMILES string of the molecule is CCC(CNC(=O)c1ccc(Br)c(C)c1)CC(=O)O. The van der Waals surface area contributed by atoms with Gasteiger partial charge in [-0.3, -0.25) is 9.59 Å². The van der Waals surface area contributed by atoms with Crippen molar-refractivity contribution in [3.05, 3.63) is 33.8 Å². The van der Waals surface area contributed by atoms with Crippen LogP contribution in [-0.2, 0) is 4.79 Å². The van der Waals surface area contributed by atoms with Crippen molar-refractivity contribution in [2.75, 3.05) is 6.54 Å². The highest BCUT2D eigenvalue weighted by molar-refractivity contribution is 9.10. The van der Waals surface area contributed by atoms with E-state index in [1.807, 2.05) is 19.9 Å². The maximum absolute atomic E-state index is 11.9. The summed E-state index contributed by atoms with van der Waals surface area (Å²) in [5.41, 5.74) is 1.58. The lowest BCUT2D eigenvalue weighted by Crippen LogP contribution is -2.30. The maximum Gasteiger partial charge on any atom is 0.303 e. The molecule has 0 radical (unpaired) electrons. The number of aliphatic carboxylic acids is 1. The van der Waals surface area contributed by atoms with Crippen molar-refractivity contribution >= 4 is 27.8 Å². The molecule has 104 valence electrons. The minimum Gasteiger partial charge on any atom is -0.481 e. The molecule has 0 saturated carbocycles. The summed E-state index contributed by atoms with van der Waals surface area (Å²) in [6, 6.07) is 5.38. The van der Waals surface area contributed by atoms with Crippen LogP contribution in [0.25, 0.3) is 0 Å². The third-order valence-corrected chi connectivity index (χ3v) is 3.90. The molecule has 1 aromatic rings. The van der Waals surface area contributed by atoms with E-state index in [2.05, 4.69) is 21.2 Å². The molecule has 1 amide bonds. The predicted octanol–water partition coefficient (Wildman–Crippen LogP) is 2.99. The van der Waals surface area contributed by atoms with Crippen LogP contribution in [0, 0.1) is 12.8 Å². The number of halogens is 1. The molecule has 0 aliphatic heterocycles. The fourth-order valence-corrected chi connectivity index (χ4v) is 1.98. The smallest absolute Gasteiger partial charge is 0.303 e. The largest absolute Gasteiger partial charge is 0.481 e. The normalized spacial score (nSPS) is 11.9. The Morgan fingerprint density at radius 3 is 2.63 bits per heavy atom. The van der Waals surface area contributed by atoms with E-state index in [0.717, 1.165) is 16.5 Å². The van der Waals surface area contributed by atoms with E-state index < -0.39 is 5.97 Å². The Morgan fingerprint density at radius 1 is 1.42 bits per heavy atom. The lowest BCUT2D eigenvalue weighted by atomic mass is 10.0. The number of nitrogens with one attached hydrogen (secondary N) is 1. The van der Waals surface area contributed by atoms with Crippen molar-refractivity contribution in [1.29, 1.82) is 0 Å². The zero-order chi connectivity index (χ0) is 14.4. The highest BCUT2D eigenvalue weighted by Gasteiger charge is 2.13. The van der Waals surface area contributed by atoms with Gasteiger partial charge in [0.25, 0.3) is 5.91 Å². The first-order valence-corrected chi connectivity index (χ1v) is 6.99. The average Bonchev–Trinajstić information content (AvgIpc) is 2.36. The van der Waals surface area contributed by atoms with Crippen LogP contribution >= 0.6 is 15.9 Å². The molecule has 0 fully saturated rings. The second kappa shape index (κ2) is 7.28. The van der Waals surface area contributed by atoms with Crippen LogP contribution in [0.15, 0.2) is 22.7 Å². The molecule has 0 bridgehead atoms. The van der Waals surface area contributed by atoms with Crippen LogP contribution < -0.4 is 5.32 Å². The fraction of sp³-hybridized carbons (Fsp3) is 0.429. The Kier molecular flexibility index (Phi) is 6.02. The first-order valence-electron chi connectivity index (χ1n) is 6.20. The van der Waals surface area contributed by atoms with Crippen LogP contribution in [0.4, 0.5) is 0 Å². The van der Waals surface area contributed by atoms with Gasteiger partial charge in [0, 0.05) is 23.0 Å². The summed E-state index contributed by atoms with van der Waals surface area (Å²) >= 11 is 3.38. The number of carbonyl (C=O) groups is 2. The number of hydrogen-bond acceptors (Lipinski definition) is 2. The molecule has 1 atom stereocenters. The fourth-order valence-electron chi connectivity index (χ4n) is 1.73. The Balaban J connectivity index is 2.59. The Morgan fingerprint density at radius 2 is 2.11 bits per heavy atom. The van der Waals surface area contributed by atoms with Gasteiger partial charge < -0.3 is 10.4 Å². The van der Waals surface area contributed by atoms with Gasteiger partial charge in [0.1, 0.15) is 0 Å². The van der Waals surface area contributed by atoms with Crippen molar-refractivity contribution in [3.8, 4) is 0 Å². The van der Waals surface area contributed by atoms with Crippen LogP contribution in [0.5, 0.6) is 0 Å². The molecule has 19 heavy (non-hydrogen) atoms. The van der Waals surface area contributed by atoms with Gasteiger partial charge in [-0.15, -0.1) is 0 Å². The number of carboxylic acids is 1. The number of hydrogen-bond donors (Lipinski definition) is 2. The van der Waals surface area contributed by atoms with Crippen LogP contribution in [0.3, 0.4) is 0 Å². The standard InChI is InChI=1S/C14H18BrNO3/c1-3-10(7-13(17)18)8-16-14(19)11-4-5-12(15)9(2)6-11/h4-6,10H,3,7-8H2,1-2H3,(H,16,19)(H,17,18). The molecule has 1 rings (SSSR count). The molecule has 2 N–H and O–H groups in total. The molecule has 5 heteroatoms. The van der Waals surface area contributed by atoms with E-state index in [4.69, 9.17) is 5.11 Å². The molecule has 0 aromatic heterocycles. The molecule has 0 heterocycles. The molecule has 4 nitrogen and oxygen atoms in total. The molecule has 1 aromatic carbocycles. The van der Waals surface area contributed by atoms with E-state index in [1.165, 1.54) is 0 Å². The monoisotopic (exact) mass is 327 g/mol. The first kappa shape index (κ1) is 15.7. The van der Waals surface area contributed by atoms with Gasteiger partial charge in [-0.1, -0.05) is 29.3 Å². The lowest BCUT2D eigenvalue weighted by molar-refractivity contribution is -0.138. The van der Waals surface area contributed by atoms with E-state index in [-0.39, 0.29) is 18.2 Å². The maximum atomic E-state index is 11.9. The molecular weight excluding hydrogens is 310 g/mol. The average molecular weight is 328 g/mol. The van der Waals surface area contributed by atoms with Gasteiger partial charge in [0.05, 0.1) is 0 Å². The molecule has 0 aliphatic carbocycles. The van der Waals surface area contributed by atoms with Gasteiger partial charge >= 0.3 is 5.97 Å². The van der Waals surface area contributed by atoms with E-state index in [1.54, 1.807) is 12.1 Å². The van der Waals surface area contributed by atoms with Crippen molar-refractivity contribution in [2.45, 2.75) is 26.7 Å². The number of rotatable bonds is 6. The second-order valence-electron chi connectivity index (χ2n) is 4.55. The summed E-state index contributed by atoms with van der Waals surface area (Å²) in [6.45, 7) is 4.22. The van der Waals surface area contributed by atoms with Gasteiger partial charge in [-0.2, -0.15) is 0 Å². The van der Waals surface area contributed by atoms with Gasteiger partial charge in [0.2, 0.25) is 0 Å². The zero-order valence-electron chi connectivity index (χ0n) is 11.1. The molecule has 0 aliphatic rings. The van der Waals surface area contributed by atoms with Gasteiger partial charge in [-0.25, -0.2) is 0 Å². The first-order chi connectivity index (χ1) is 8.93. The van der Waals surface area contributed by atoms with E-state index in [0.29, 0.717) is 12.1 Å². The van der Waals surface area contributed by atoms with E-state index >= 15 is 0 Å². The van der Waals surface area contributed by atoms with Crippen molar-refractivity contribution in [3.63, 3.8) is 0 Å². The Labute approximate surface area is 121 Å². The molecular formula is C14H18BrNO3. The summed E-state index contributed by atoms with van der Waals surface area (Å²) < 4.78 is 0.960. The van der Waals surface area contributed by atoms with Crippen molar-refractivity contribution < 1.29 is 14.7 Å². The summed E-state index contributed by atoms with van der Waals surface area (Å²) in [4.78, 5) is 22.6. The minimum atomic E-state index is -0.833. The molecule has 1 unspecified atom stereocenters. The highest BCUT2D eigenvalue weighted by Crippen LogP contribution is 2.17. The summed E-state index contributed by atoms with van der Waals surface area (Å²) in [5, 5.41) is 11.5. The Hall–Kier alpha value is -1.36. The second-order valence-corrected chi connectivity index (χ2v) is 5.40. The van der Waals surface area contributed by atoms with Gasteiger partial charge in [-0.05, 0) is 36.6 Å².